The maximum Gasteiger partial charge on any atom is 0.311 e. The van der Waals surface area contributed by atoms with Crippen LogP contribution >= 0.6 is 0 Å². The van der Waals surface area contributed by atoms with Crippen molar-refractivity contribution in [2.75, 3.05) is 13.3 Å². The number of carbonyl (C=O) groups is 2. The third-order valence-corrected chi connectivity index (χ3v) is 7.81. The first-order chi connectivity index (χ1) is 20.4. The van der Waals surface area contributed by atoms with Crippen molar-refractivity contribution in [3.63, 3.8) is 0 Å². The number of hydrogen-bond acceptors (Lipinski definition) is 8. The van der Waals surface area contributed by atoms with E-state index in [9.17, 15) is 18.4 Å². The van der Waals surface area contributed by atoms with Crippen LogP contribution in [0.25, 0.3) is 21.5 Å². The molecule has 4 aromatic rings. The van der Waals surface area contributed by atoms with Crippen LogP contribution in [0, 0.1) is 0 Å². The Morgan fingerprint density at radius 1 is 0.595 bits per heavy atom. The molecule has 0 spiro atoms. The van der Waals surface area contributed by atoms with Gasteiger partial charge in [0.15, 0.2) is 13.3 Å². The molecule has 0 N–H and O–H groups in total. The smallest absolute Gasteiger partial charge is 0.311 e. The molecule has 0 bridgehead atoms. The predicted octanol–water partition coefficient (Wildman–Crippen LogP) is 5.20. The van der Waals surface area contributed by atoms with Gasteiger partial charge in [0.2, 0.25) is 11.8 Å². The summed E-state index contributed by atoms with van der Waals surface area (Å²) in [6.45, 7) is -1.80. The highest BCUT2D eigenvalue weighted by Gasteiger charge is 2.58. The van der Waals surface area contributed by atoms with Crippen molar-refractivity contribution in [3.05, 3.63) is 96.1 Å². The van der Waals surface area contributed by atoms with Crippen LogP contribution in [-0.4, -0.2) is 60.7 Å². The van der Waals surface area contributed by atoms with Crippen LogP contribution in [0.4, 0.5) is 8.78 Å². The average Bonchev–Trinajstić information content (AvgIpc) is 3.72. The molecule has 10 heteroatoms. The molecule has 2 fully saturated rings. The maximum atomic E-state index is 13.3. The summed E-state index contributed by atoms with van der Waals surface area (Å²) in [6.07, 6.45) is 0.108. The molecule has 0 aromatic heterocycles. The number of rotatable bonds is 4. The SMILES string of the molecule is O=C1C[C@@H]2N=C(c3cccc4ccccc34)O[C@]2(CF)O1.O=C1C[C@H]2N=C(c3cccc4ccccc34)O[C@@]2(CF)O1. The van der Waals surface area contributed by atoms with Gasteiger partial charge in [0, 0.05) is 11.1 Å². The summed E-state index contributed by atoms with van der Waals surface area (Å²) >= 11 is 0. The van der Waals surface area contributed by atoms with Crippen LogP contribution < -0.4 is 0 Å². The zero-order valence-corrected chi connectivity index (χ0v) is 22.2. The second-order valence-corrected chi connectivity index (χ2v) is 10.4. The number of hydrogen-bond donors (Lipinski definition) is 0. The lowest BCUT2D eigenvalue weighted by molar-refractivity contribution is -0.185. The Balaban J connectivity index is 0.000000137. The summed E-state index contributed by atoms with van der Waals surface area (Å²) in [4.78, 5) is 31.4. The molecule has 0 amide bonds. The minimum atomic E-state index is -1.57. The number of carbonyl (C=O) groups excluding carboxylic acids is 2. The Kier molecular flexibility index (Phi) is 6.14. The van der Waals surface area contributed by atoms with Gasteiger partial charge in [-0.05, 0) is 33.7 Å². The monoisotopic (exact) mass is 570 g/mol. The zero-order chi connectivity index (χ0) is 28.9. The molecule has 212 valence electrons. The molecule has 4 aliphatic heterocycles. The van der Waals surface area contributed by atoms with E-state index in [4.69, 9.17) is 18.9 Å². The van der Waals surface area contributed by atoms with E-state index in [-0.39, 0.29) is 12.8 Å². The molecular weight excluding hydrogens is 546 g/mol. The van der Waals surface area contributed by atoms with Gasteiger partial charge in [-0.25, -0.2) is 18.8 Å². The van der Waals surface area contributed by atoms with Crippen LogP contribution in [0.3, 0.4) is 0 Å². The van der Waals surface area contributed by atoms with Crippen molar-refractivity contribution < 1.29 is 37.3 Å². The third-order valence-electron chi connectivity index (χ3n) is 7.81. The summed E-state index contributed by atoms with van der Waals surface area (Å²) in [5.41, 5.74) is 1.57. The highest BCUT2D eigenvalue weighted by Crippen LogP contribution is 2.40. The largest absolute Gasteiger partial charge is 0.430 e. The van der Waals surface area contributed by atoms with Gasteiger partial charge in [-0.3, -0.25) is 9.59 Å². The Morgan fingerprint density at radius 3 is 1.40 bits per heavy atom. The molecule has 8 rings (SSSR count). The zero-order valence-electron chi connectivity index (χ0n) is 22.2. The first kappa shape index (κ1) is 26.1. The summed E-state index contributed by atoms with van der Waals surface area (Å²) in [5, 5.41) is 4.03. The molecule has 0 aliphatic carbocycles. The van der Waals surface area contributed by atoms with E-state index in [0.717, 1.165) is 32.7 Å². The third kappa shape index (κ3) is 4.17. The lowest BCUT2D eigenvalue weighted by atomic mass is 10.0. The molecule has 0 saturated carbocycles. The van der Waals surface area contributed by atoms with E-state index in [1.54, 1.807) is 0 Å². The van der Waals surface area contributed by atoms with Gasteiger partial charge < -0.3 is 18.9 Å². The summed E-state index contributed by atoms with van der Waals surface area (Å²) in [5.74, 6) is -3.41. The van der Waals surface area contributed by atoms with Crippen molar-refractivity contribution >= 4 is 45.3 Å². The second-order valence-electron chi connectivity index (χ2n) is 10.4. The highest BCUT2D eigenvalue weighted by molar-refractivity contribution is 6.09. The summed E-state index contributed by atoms with van der Waals surface area (Å²) in [7, 11) is 0. The van der Waals surface area contributed by atoms with Gasteiger partial charge in [0.05, 0.1) is 12.8 Å². The minimum absolute atomic E-state index is 0.0538. The molecule has 4 atom stereocenters. The summed E-state index contributed by atoms with van der Waals surface area (Å²) in [6, 6.07) is 25.9. The molecule has 42 heavy (non-hydrogen) atoms. The molecule has 4 heterocycles. The number of alkyl halides is 2. The highest BCUT2D eigenvalue weighted by atomic mass is 19.1. The van der Waals surface area contributed by atoms with E-state index < -0.39 is 48.9 Å². The van der Waals surface area contributed by atoms with Crippen LogP contribution in [0.15, 0.2) is 94.9 Å². The van der Waals surface area contributed by atoms with Crippen LogP contribution in [0.2, 0.25) is 0 Å². The maximum absolute atomic E-state index is 13.3. The standard InChI is InChI=1S/2C16H12FNO3/c2*17-9-16-13(8-14(19)20-16)18-15(21-16)12-7-3-5-10-4-1-2-6-11(10)12/h2*1-7,13H,8-9H2/t2*13-,16-/m10/s1. The number of nitrogens with zero attached hydrogens (tertiary/aromatic N) is 2. The van der Waals surface area contributed by atoms with Gasteiger partial charge in [-0.1, -0.05) is 72.8 Å². The quantitative estimate of drug-likeness (QED) is 0.313. The summed E-state index contributed by atoms with van der Waals surface area (Å²) < 4.78 is 48.0. The van der Waals surface area contributed by atoms with Gasteiger partial charge >= 0.3 is 23.5 Å². The Morgan fingerprint density at radius 2 is 1.00 bits per heavy atom. The second kappa shape index (κ2) is 9.90. The lowest BCUT2D eigenvalue weighted by Crippen LogP contribution is -2.40. The van der Waals surface area contributed by atoms with E-state index >= 15 is 0 Å². The van der Waals surface area contributed by atoms with E-state index in [0.29, 0.717) is 11.8 Å². The molecule has 8 nitrogen and oxygen atoms in total. The first-order valence-corrected chi connectivity index (χ1v) is 13.5. The van der Waals surface area contributed by atoms with Crippen molar-refractivity contribution in [1.29, 1.82) is 0 Å². The van der Waals surface area contributed by atoms with Crippen molar-refractivity contribution in [2.24, 2.45) is 9.98 Å². The topological polar surface area (TPSA) is 95.8 Å². The van der Waals surface area contributed by atoms with E-state index in [1.165, 1.54) is 0 Å². The Labute approximate surface area is 238 Å². The van der Waals surface area contributed by atoms with Gasteiger partial charge in [-0.15, -0.1) is 0 Å². The van der Waals surface area contributed by atoms with E-state index in [2.05, 4.69) is 9.98 Å². The number of esters is 2. The number of ether oxygens (including phenoxy) is 4. The molecule has 0 radical (unpaired) electrons. The number of fused-ring (bicyclic) bond motifs is 4. The average molecular weight is 571 g/mol. The van der Waals surface area contributed by atoms with Crippen molar-refractivity contribution in [2.45, 2.75) is 36.5 Å². The van der Waals surface area contributed by atoms with Gasteiger partial charge in [-0.2, -0.15) is 0 Å². The van der Waals surface area contributed by atoms with Crippen molar-refractivity contribution in [3.8, 4) is 0 Å². The minimum Gasteiger partial charge on any atom is -0.430 e. The van der Waals surface area contributed by atoms with Gasteiger partial charge in [0.1, 0.15) is 12.1 Å². The fraction of sp³-hybridized carbons (Fsp3) is 0.250. The lowest BCUT2D eigenvalue weighted by Gasteiger charge is -2.22. The predicted molar refractivity (Wildman–Crippen MR) is 150 cm³/mol. The normalized spacial score (nSPS) is 27.2. The Bertz CT molecular complexity index is 1670. The van der Waals surface area contributed by atoms with Crippen molar-refractivity contribution in [1.82, 2.24) is 0 Å². The molecule has 4 aliphatic rings. The Hall–Kier alpha value is -4.86. The molecule has 4 aromatic carbocycles. The first-order valence-electron chi connectivity index (χ1n) is 13.5. The fourth-order valence-electron chi connectivity index (χ4n) is 5.72. The van der Waals surface area contributed by atoms with Crippen LogP contribution in [0.5, 0.6) is 0 Å². The number of benzene rings is 4. The fourth-order valence-corrected chi connectivity index (χ4v) is 5.72. The molecule has 0 unspecified atom stereocenters. The van der Waals surface area contributed by atoms with E-state index in [1.807, 2.05) is 84.9 Å². The van der Waals surface area contributed by atoms with Gasteiger partial charge in [0.25, 0.3) is 0 Å². The van der Waals surface area contributed by atoms with Crippen LogP contribution in [0.1, 0.15) is 24.0 Å². The molecular formula is C32H24F2N2O6. The van der Waals surface area contributed by atoms with Crippen LogP contribution in [-0.2, 0) is 28.5 Å². The molecule has 2 saturated heterocycles. The number of aliphatic imine (C=N–C) groups is 2. The number of halogens is 2.